The monoisotopic (exact) mass is 346 g/mol. The normalized spacial score (nSPS) is 16.9. The smallest absolute Gasteiger partial charge is 0.315 e. The Kier molecular flexibility index (Phi) is 5.83. The molecule has 8 heteroatoms. The van der Waals surface area contributed by atoms with E-state index in [1.807, 2.05) is 28.8 Å². The molecular formula is C17H26N6O2. The van der Waals surface area contributed by atoms with Gasteiger partial charge in [0.15, 0.2) is 11.5 Å². The standard InChI is InChI=1S/C17H26N6O2/c1-13(2)14(22-7-9-25-10-8-22)11-18-17(24)19-12-16-21-20-15-5-3-4-6-23(15)16/h3-6,13-14H,7-12H2,1-2H3,(H2,18,19,24)/t14-/m0/s1. The van der Waals surface area contributed by atoms with Gasteiger partial charge in [-0.15, -0.1) is 10.2 Å². The highest BCUT2D eigenvalue weighted by molar-refractivity contribution is 5.73. The lowest BCUT2D eigenvalue weighted by Crippen LogP contribution is -2.52. The maximum atomic E-state index is 12.2. The fraction of sp³-hybridized carbons (Fsp3) is 0.588. The fourth-order valence-electron chi connectivity index (χ4n) is 3.13. The molecule has 2 aromatic rings. The number of nitrogens with zero attached hydrogens (tertiary/aromatic N) is 4. The molecule has 3 rings (SSSR count). The third-order valence-electron chi connectivity index (χ3n) is 4.55. The number of carbonyl (C=O) groups excluding carboxylic acids is 1. The van der Waals surface area contributed by atoms with Gasteiger partial charge >= 0.3 is 6.03 Å². The highest BCUT2D eigenvalue weighted by atomic mass is 16.5. The van der Waals surface area contributed by atoms with Crippen molar-refractivity contribution in [1.82, 2.24) is 30.1 Å². The largest absolute Gasteiger partial charge is 0.379 e. The van der Waals surface area contributed by atoms with Crippen LogP contribution >= 0.6 is 0 Å². The molecule has 8 nitrogen and oxygen atoms in total. The summed E-state index contributed by atoms with van der Waals surface area (Å²) in [5, 5.41) is 14.0. The molecule has 25 heavy (non-hydrogen) atoms. The van der Waals surface area contributed by atoms with Crippen molar-refractivity contribution in [2.24, 2.45) is 5.92 Å². The van der Waals surface area contributed by atoms with Crippen LogP contribution in [0.25, 0.3) is 5.65 Å². The molecule has 2 aromatic heterocycles. The van der Waals surface area contributed by atoms with Crippen molar-refractivity contribution in [3.05, 3.63) is 30.2 Å². The molecule has 2 N–H and O–H groups in total. The van der Waals surface area contributed by atoms with Gasteiger partial charge in [0.05, 0.1) is 19.8 Å². The van der Waals surface area contributed by atoms with E-state index in [-0.39, 0.29) is 6.03 Å². The number of nitrogens with one attached hydrogen (secondary N) is 2. The van der Waals surface area contributed by atoms with Gasteiger partial charge in [-0.1, -0.05) is 19.9 Å². The summed E-state index contributed by atoms with van der Waals surface area (Å²) >= 11 is 0. The van der Waals surface area contributed by atoms with Gasteiger partial charge in [0.2, 0.25) is 0 Å². The minimum Gasteiger partial charge on any atom is -0.379 e. The average molecular weight is 346 g/mol. The van der Waals surface area contributed by atoms with Gasteiger partial charge in [0, 0.05) is 31.9 Å². The topological polar surface area (TPSA) is 83.8 Å². The Balaban J connectivity index is 1.49. The lowest BCUT2D eigenvalue weighted by molar-refractivity contribution is 0.00719. The Morgan fingerprint density at radius 2 is 2.04 bits per heavy atom. The number of aromatic nitrogens is 3. The summed E-state index contributed by atoms with van der Waals surface area (Å²) in [4.78, 5) is 14.6. The van der Waals surface area contributed by atoms with Crippen LogP contribution in [0.3, 0.4) is 0 Å². The molecule has 3 heterocycles. The van der Waals surface area contributed by atoms with Crippen molar-refractivity contribution in [3.8, 4) is 0 Å². The fourth-order valence-corrected chi connectivity index (χ4v) is 3.13. The van der Waals surface area contributed by atoms with Crippen LogP contribution in [0, 0.1) is 5.92 Å². The van der Waals surface area contributed by atoms with E-state index < -0.39 is 0 Å². The molecule has 0 spiro atoms. The first-order valence-corrected chi connectivity index (χ1v) is 8.77. The van der Waals surface area contributed by atoms with E-state index in [9.17, 15) is 4.79 Å². The molecule has 0 unspecified atom stereocenters. The van der Waals surface area contributed by atoms with E-state index >= 15 is 0 Å². The molecule has 0 bridgehead atoms. The maximum Gasteiger partial charge on any atom is 0.315 e. The third-order valence-corrected chi connectivity index (χ3v) is 4.55. The predicted molar refractivity (Wildman–Crippen MR) is 94.2 cm³/mol. The number of carbonyl (C=O) groups is 1. The SMILES string of the molecule is CC(C)[C@H](CNC(=O)NCc1nnc2ccccn12)N1CCOCC1. The second-order valence-corrected chi connectivity index (χ2v) is 6.57. The highest BCUT2D eigenvalue weighted by Crippen LogP contribution is 2.12. The van der Waals surface area contributed by atoms with Crippen molar-refractivity contribution in [2.75, 3.05) is 32.8 Å². The molecule has 0 aromatic carbocycles. The van der Waals surface area contributed by atoms with Crippen molar-refractivity contribution in [2.45, 2.75) is 26.4 Å². The summed E-state index contributed by atoms with van der Waals surface area (Å²) in [6.07, 6.45) is 1.89. The number of ether oxygens (including phenoxy) is 1. The van der Waals surface area contributed by atoms with Gasteiger partial charge in [-0.25, -0.2) is 4.79 Å². The first kappa shape index (κ1) is 17.6. The zero-order chi connectivity index (χ0) is 17.6. The average Bonchev–Trinajstić information content (AvgIpc) is 3.04. The lowest BCUT2D eigenvalue weighted by atomic mass is 10.0. The van der Waals surface area contributed by atoms with Crippen molar-refractivity contribution >= 4 is 11.7 Å². The second-order valence-electron chi connectivity index (χ2n) is 6.57. The zero-order valence-electron chi connectivity index (χ0n) is 14.8. The minimum atomic E-state index is -0.188. The molecule has 1 atom stereocenters. The summed E-state index contributed by atoms with van der Waals surface area (Å²) < 4.78 is 7.28. The van der Waals surface area contributed by atoms with Crippen LogP contribution < -0.4 is 10.6 Å². The third kappa shape index (κ3) is 4.46. The second kappa shape index (κ2) is 8.26. The van der Waals surface area contributed by atoms with Gasteiger partial charge in [0.25, 0.3) is 0 Å². The van der Waals surface area contributed by atoms with Gasteiger partial charge in [-0.2, -0.15) is 0 Å². The van der Waals surface area contributed by atoms with Gasteiger partial charge in [0.1, 0.15) is 0 Å². The zero-order valence-corrected chi connectivity index (χ0v) is 14.8. The molecule has 1 aliphatic rings. The van der Waals surface area contributed by atoms with Crippen molar-refractivity contribution in [1.29, 1.82) is 0 Å². The lowest BCUT2D eigenvalue weighted by Gasteiger charge is -2.36. The molecule has 2 amide bonds. The highest BCUT2D eigenvalue weighted by Gasteiger charge is 2.24. The number of amides is 2. The first-order valence-electron chi connectivity index (χ1n) is 8.77. The van der Waals surface area contributed by atoms with E-state index in [1.54, 1.807) is 0 Å². The van der Waals surface area contributed by atoms with Crippen molar-refractivity contribution in [3.63, 3.8) is 0 Å². The number of morpholine rings is 1. The van der Waals surface area contributed by atoms with Gasteiger partial charge in [-0.3, -0.25) is 9.30 Å². The van der Waals surface area contributed by atoms with Crippen LogP contribution in [0.4, 0.5) is 4.79 Å². The van der Waals surface area contributed by atoms with E-state index in [2.05, 4.69) is 39.6 Å². The van der Waals surface area contributed by atoms with Gasteiger partial charge in [-0.05, 0) is 18.1 Å². The minimum absolute atomic E-state index is 0.188. The van der Waals surface area contributed by atoms with Crippen LogP contribution in [-0.4, -0.2) is 64.4 Å². The number of hydrogen-bond donors (Lipinski definition) is 2. The maximum absolute atomic E-state index is 12.2. The van der Waals surface area contributed by atoms with Crippen LogP contribution in [0.1, 0.15) is 19.7 Å². The summed E-state index contributed by atoms with van der Waals surface area (Å²) in [6.45, 7) is 8.66. The van der Waals surface area contributed by atoms with E-state index in [0.717, 1.165) is 32.0 Å². The molecule has 0 saturated carbocycles. The first-order chi connectivity index (χ1) is 12.1. The number of urea groups is 1. The van der Waals surface area contributed by atoms with Crippen LogP contribution in [0.5, 0.6) is 0 Å². The number of rotatable bonds is 6. The summed E-state index contributed by atoms with van der Waals surface area (Å²) in [7, 11) is 0. The van der Waals surface area contributed by atoms with Crippen LogP contribution in [0.15, 0.2) is 24.4 Å². The number of pyridine rings is 1. The molecule has 0 radical (unpaired) electrons. The Bertz CT molecular complexity index is 695. The molecule has 1 saturated heterocycles. The Morgan fingerprint density at radius 3 is 2.80 bits per heavy atom. The molecular weight excluding hydrogens is 320 g/mol. The van der Waals surface area contributed by atoms with Gasteiger partial charge < -0.3 is 15.4 Å². The number of fused-ring (bicyclic) bond motifs is 1. The quantitative estimate of drug-likeness (QED) is 0.811. The summed E-state index contributed by atoms with van der Waals surface area (Å²) in [5.41, 5.74) is 0.770. The molecule has 136 valence electrons. The molecule has 1 aliphatic heterocycles. The van der Waals surface area contributed by atoms with Crippen molar-refractivity contribution < 1.29 is 9.53 Å². The summed E-state index contributed by atoms with van der Waals surface area (Å²) in [6, 6.07) is 5.82. The predicted octanol–water partition coefficient (Wildman–Crippen LogP) is 0.885. The van der Waals surface area contributed by atoms with Crippen LogP contribution in [-0.2, 0) is 11.3 Å². The molecule has 1 fully saturated rings. The van der Waals surface area contributed by atoms with E-state index in [0.29, 0.717) is 30.9 Å². The Morgan fingerprint density at radius 1 is 1.24 bits per heavy atom. The Labute approximate surface area is 147 Å². The van der Waals surface area contributed by atoms with E-state index in [4.69, 9.17) is 4.74 Å². The summed E-state index contributed by atoms with van der Waals surface area (Å²) in [5.74, 6) is 1.16. The van der Waals surface area contributed by atoms with Crippen LogP contribution in [0.2, 0.25) is 0 Å². The molecule has 0 aliphatic carbocycles. The number of hydrogen-bond acceptors (Lipinski definition) is 5. The van der Waals surface area contributed by atoms with E-state index in [1.165, 1.54) is 0 Å². The Hall–Kier alpha value is -2.19.